The molecule has 0 saturated carbocycles. The standard InChI is InChI=1S/C39H23FN4O/c40-36(23-12-14-25-26-7-1-3-9-32(26)43-20-19-42-39(43)31(25)21-23)24-13-15-27-29-16-17-30-28-8-2-4-10-34(28)45-38(30)37(29)44(33(27)22-24)35-11-5-6-18-41-35/h1-22,36H. The van der Waals surface area contributed by atoms with Crippen molar-refractivity contribution in [2.45, 2.75) is 6.17 Å². The highest BCUT2D eigenvalue weighted by molar-refractivity contribution is 6.21. The van der Waals surface area contributed by atoms with Crippen LogP contribution >= 0.6 is 0 Å². The number of aromatic nitrogens is 4. The largest absolute Gasteiger partial charge is 0.454 e. The number of para-hydroxylation sites is 2. The lowest BCUT2D eigenvalue weighted by Gasteiger charge is -2.14. The van der Waals surface area contributed by atoms with Crippen LogP contribution in [-0.2, 0) is 0 Å². The molecule has 0 radical (unpaired) electrons. The molecule has 212 valence electrons. The van der Waals surface area contributed by atoms with Crippen LogP contribution in [0, 0.1) is 0 Å². The van der Waals surface area contributed by atoms with Gasteiger partial charge in [0.1, 0.15) is 17.0 Å². The molecule has 10 rings (SSSR count). The maximum absolute atomic E-state index is 16.7. The van der Waals surface area contributed by atoms with Crippen LogP contribution in [0.15, 0.2) is 138 Å². The van der Waals surface area contributed by atoms with Crippen LogP contribution in [0.5, 0.6) is 0 Å². The Kier molecular flexibility index (Phi) is 4.89. The number of furan rings is 1. The Balaban J connectivity index is 1.22. The second-order valence-electron chi connectivity index (χ2n) is 11.5. The maximum Gasteiger partial charge on any atom is 0.160 e. The highest BCUT2D eigenvalue weighted by atomic mass is 19.1. The van der Waals surface area contributed by atoms with E-state index in [1.807, 2.05) is 91.1 Å². The first-order valence-electron chi connectivity index (χ1n) is 15.0. The van der Waals surface area contributed by atoms with E-state index in [1.54, 1.807) is 12.4 Å². The third kappa shape index (κ3) is 3.36. The minimum absolute atomic E-state index is 0.572. The highest BCUT2D eigenvalue weighted by Gasteiger charge is 2.22. The fraction of sp³-hybridized carbons (Fsp3) is 0.0256. The summed E-state index contributed by atoms with van der Waals surface area (Å²) in [5.41, 5.74) is 6.47. The van der Waals surface area contributed by atoms with Gasteiger partial charge in [-0.15, -0.1) is 0 Å². The molecule has 0 N–H and O–H groups in total. The fourth-order valence-corrected chi connectivity index (χ4v) is 7.12. The number of rotatable bonds is 3. The van der Waals surface area contributed by atoms with Crippen molar-refractivity contribution in [2.24, 2.45) is 0 Å². The normalized spacial score (nSPS) is 12.9. The number of imidazole rings is 1. The third-order valence-electron chi connectivity index (χ3n) is 9.14. The molecule has 0 saturated heterocycles. The van der Waals surface area contributed by atoms with Crippen LogP contribution in [-0.4, -0.2) is 18.9 Å². The maximum atomic E-state index is 16.7. The molecule has 0 fully saturated rings. The van der Waals surface area contributed by atoms with Gasteiger partial charge in [-0.25, -0.2) is 14.4 Å². The molecule has 5 heterocycles. The Morgan fingerprint density at radius 2 is 1.31 bits per heavy atom. The van der Waals surface area contributed by atoms with E-state index in [-0.39, 0.29) is 0 Å². The Morgan fingerprint density at radius 1 is 0.578 bits per heavy atom. The molecule has 0 aliphatic rings. The highest BCUT2D eigenvalue weighted by Crippen LogP contribution is 2.41. The number of hydrogen-bond acceptors (Lipinski definition) is 3. The Bertz CT molecular complexity index is 2790. The van der Waals surface area contributed by atoms with E-state index in [2.05, 4.69) is 44.3 Å². The molecule has 45 heavy (non-hydrogen) atoms. The summed E-state index contributed by atoms with van der Waals surface area (Å²) in [4.78, 5) is 9.36. The number of fused-ring (bicyclic) bond motifs is 13. The molecule has 0 aliphatic carbocycles. The molecule has 0 spiro atoms. The predicted octanol–water partition coefficient (Wildman–Crippen LogP) is 10.1. The summed E-state index contributed by atoms with van der Waals surface area (Å²) in [5.74, 6) is 0.747. The third-order valence-corrected chi connectivity index (χ3v) is 9.14. The number of nitrogens with zero attached hydrogens (tertiary/aromatic N) is 4. The van der Waals surface area contributed by atoms with Gasteiger partial charge in [0.05, 0.1) is 16.6 Å². The van der Waals surface area contributed by atoms with E-state index in [1.165, 1.54) is 0 Å². The monoisotopic (exact) mass is 582 g/mol. The summed E-state index contributed by atoms with van der Waals surface area (Å²) in [5, 5.41) is 7.23. The minimum Gasteiger partial charge on any atom is -0.454 e. The van der Waals surface area contributed by atoms with Gasteiger partial charge in [-0.3, -0.25) is 8.97 Å². The van der Waals surface area contributed by atoms with Gasteiger partial charge >= 0.3 is 0 Å². The molecule has 5 aromatic carbocycles. The second-order valence-corrected chi connectivity index (χ2v) is 11.5. The van der Waals surface area contributed by atoms with Crippen molar-refractivity contribution >= 4 is 71.1 Å². The van der Waals surface area contributed by atoms with Crippen molar-refractivity contribution in [3.63, 3.8) is 0 Å². The predicted molar refractivity (Wildman–Crippen MR) is 179 cm³/mol. The van der Waals surface area contributed by atoms with Crippen molar-refractivity contribution < 1.29 is 8.81 Å². The van der Waals surface area contributed by atoms with Crippen LogP contribution in [0.2, 0.25) is 0 Å². The Hall–Kier alpha value is -6.01. The van der Waals surface area contributed by atoms with Gasteiger partial charge in [-0.05, 0) is 59.0 Å². The summed E-state index contributed by atoms with van der Waals surface area (Å²) < 4.78 is 27.3. The van der Waals surface area contributed by atoms with E-state index in [9.17, 15) is 0 Å². The Labute approximate surface area is 255 Å². The zero-order chi connectivity index (χ0) is 29.6. The quantitative estimate of drug-likeness (QED) is 0.195. The van der Waals surface area contributed by atoms with Gasteiger partial charge in [0.25, 0.3) is 0 Å². The average molecular weight is 583 g/mol. The van der Waals surface area contributed by atoms with Gasteiger partial charge in [0.2, 0.25) is 0 Å². The summed E-state index contributed by atoms with van der Waals surface area (Å²) in [6, 6.07) is 38.2. The molecule has 5 nitrogen and oxygen atoms in total. The van der Waals surface area contributed by atoms with E-state index < -0.39 is 6.17 Å². The first-order chi connectivity index (χ1) is 22.2. The van der Waals surface area contributed by atoms with Crippen LogP contribution in [0.25, 0.3) is 76.9 Å². The minimum atomic E-state index is -1.35. The van der Waals surface area contributed by atoms with Gasteiger partial charge in [0, 0.05) is 50.9 Å². The molecular formula is C39H23FN4O. The lowest BCUT2D eigenvalue weighted by Crippen LogP contribution is -1.99. The number of hydrogen-bond donors (Lipinski definition) is 0. The van der Waals surface area contributed by atoms with E-state index in [0.29, 0.717) is 11.1 Å². The van der Waals surface area contributed by atoms with Crippen LogP contribution in [0.1, 0.15) is 17.3 Å². The molecule has 0 aliphatic heterocycles. The average Bonchev–Trinajstić information content (AvgIpc) is 3.82. The molecular weight excluding hydrogens is 559 g/mol. The van der Waals surface area contributed by atoms with E-state index in [4.69, 9.17) is 9.40 Å². The van der Waals surface area contributed by atoms with Gasteiger partial charge in [-0.1, -0.05) is 72.8 Å². The summed E-state index contributed by atoms with van der Waals surface area (Å²) in [6.45, 7) is 0. The van der Waals surface area contributed by atoms with Crippen molar-refractivity contribution in [3.8, 4) is 5.82 Å². The van der Waals surface area contributed by atoms with Crippen molar-refractivity contribution in [1.29, 1.82) is 0 Å². The smallest absolute Gasteiger partial charge is 0.160 e. The van der Waals surface area contributed by atoms with E-state index in [0.717, 1.165) is 76.9 Å². The summed E-state index contributed by atoms with van der Waals surface area (Å²) in [6.07, 6.45) is 4.19. The van der Waals surface area contributed by atoms with Crippen molar-refractivity contribution in [1.82, 2.24) is 18.9 Å². The van der Waals surface area contributed by atoms with Crippen LogP contribution in [0.4, 0.5) is 4.39 Å². The molecule has 6 heteroatoms. The van der Waals surface area contributed by atoms with Crippen LogP contribution in [0.3, 0.4) is 0 Å². The van der Waals surface area contributed by atoms with E-state index >= 15 is 4.39 Å². The second kappa shape index (κ2) is 9.00. The van der Waals surface area contributed by atoms with Gasteiger partial charge in [0.15, 0.2) is 11.8 Å². The van der Waals surface area contributed by atoms with Crippen LogP contribution < -0.4 is 0 Å². The SMILES string of the molecule is FC(c1ccc2c3ccccc3n3ccnc3c2c1)c1ccc2c3ccc4c5ccccc5oc4c3n(-c3ccccn3)c2c1. The van der Waals surface area contributed by atoms with Gasteiger partial charge < -0.3 is 4.42 Å². The number of pyridine rings is 2. The number of halogens is 1. The van der Waals surface area contributed by atoms with Crippen molar-refractivity contribution in [2.75, 3.05) is 0 Å². The molecule has 5 aromatic heterocycles. The Morgan fingerprint density at radius 3 is 2.20 bits per heavy atom. The first kappa shape index (κ1) is 24.4. The topological polar surface area (TPSA) is 48.3 Å². The molecule has 0 bridgehead atoms. The summed E-state index contributed by atoms with van der Waals surface area (Å²) in [7, 11) is 0. The van der Waals surface area contributed by atoms with Gasteiger partial charge in [-0.2, -0.15) is 0 Å². The zero-order valence-corrected chi connectivity index (χ0v) is 23.9. The van der Waals surface area contributed by atoms with Crippen molar-refractivity contribution in [3.05, 3.63) is 145 Å². The molecule has 0 amide bonds. The first-order valence-corrected chi connectivity index (χ1v) is 15.0. The number of alkyl halides is 1. The summed E-state index contributed by atoms with van der Waals surface area (Å²) >= 11 is 0. The molecule has 1 atom stereocenters. The number of benzene rings is 5. The molecule has 1 unspecified atom stereocenters. The fourth-order valence-electron chi connectivity index (χ4n) is 7.12. The molecule has 10 aromatic rings. The lowest BCUT2D eigenvalue weighted by molar-refractivity contribution is 0.402. The zero-order valence-electron chi connectivity index (χ0n) is 23.9. The lowest BCUT2D eigenvalue weighted by atomic mass is 9.97.